The molecular formula is C32H40N6O2S2. The van der Waals surface area contributed by atoms with Crippen LogP contribution in [0.4, 0.5) is 0 Å². The number of imidazole rings is 2. The lowest BCUT2D eigenvalue weighted by molar-refractivity contribution is 0.0944. The summed E-state index contributed by atoms with van der Waals surface area (Å²) >= 11 is 0. The van der Waals surface area contributed by atoms with E-state index in [4.69, 9.17) is 0 Å². The third-order valence-corrected chi connectivity index (χ3v) is 8.98. The first kappa shape index (κ1) is 31.4. The van der Waals surface area contributed by atoms with Crippen molar-refractivity contribution in [2.45, 2.75) is 75.5 Å². The Morgan fingerprint density at radius 3 is 1.40 bits per heavy atom. The maximum absolute atomic E-state index is 12.5. The highest BCUT2D eigenvalue weighted by Crippen LogP contribution is 2.37. The average Bonchev–Trinajstić information content (AvgIpc) is 3.69. The van der Waals surface area contributed by atoms with Crippen LogP contribution >= 0.6 is 21.6 Å². The molecule has 0 radical (unpaired) electrons. The fourth-order valence-electron chi connectivity index (χ4n) is 4.43. The minimum Gasteiger partial charge on any atom is -0.352 e. The van der Waals surface area contributed by atoms with Crippen LogP contribution in [0.3, 0.4) is 0 Å². The number of carbonyl (C=O) groups is 2. The highest BCUT2D eigenvalue weighted by molar-refractivity contribution is 8.76. The Hall–Kier alpha value is -3.50. The maximum atomic E-state index is 12.5. The van der Waals surface area contributed by atoms with Gasteiger partial charge in [0.25, 0.3) is 11.8 Å². The van der Waals surface area contributed by atoms with Crippen molar-refractivity contribution in [3.05, 3.63) is 84.4 Å². The van der Waals surface area contributed by atoms with E-state index in [-0.39, 0.29) is 11.8 Å². The molecular weight excluding hydrogens is 565 g/mol. The second-order valence-electron chi connectivity index (χ2n) is 10.1. The topological polar surface area (TPSA) is 93.8 Å². The Morgan fingerprint density at radius 1 is 0.619 bits per heavy atom. The lowest BCUT2D eigenvalue weighted by atomic mass is 10.1. The summed E-state index contributed by atoms with van der Waals surface area (Å²) in [6.45, 7) is 5.76. The highest BCUT2D eigenvalue weighted by atomic mass is 33.1. The van der Waals surface area contributed by atoms with Crippen molar-refractivity contribution >= 4 is 33.4 Å². The van der Waals surface area contributed by atoms with E-state index in [1.54, 1.807) is 12.4 Å². The van der Waals surface area contributed by atoms with Crippen LogP contribution in [-0.2, 0) is 0 Å². The number of hydrogen-bond acceptors (Lipinski definition) is 6. The van der Waals surface area contributed by atoms with Gasteiger partial charge < -0.3 is 10.6 Å². The van der Waals surface area contributed by atoms with Gasteiger partial charge in [-0.15, -0.1) is 0 Å². The first-order chi connectivity index (χ1) is 20.6. The molecule has 0 atom stereocenters. The number of carbonyl (C=O) groups excluding carboxylic acids is 2. The van der Waals surface area contributed by atoms with E-state index in [2.05, 4.69) is 34.4 Å². The molecule has 4 rings (SSSR count). The minimum atomic E-state index is -0.0447. The molecule has 0 saturated carbocycles. The summed E-state index contributed by atoms with van der Waals surface area (Å²) < 4.78 is 3.99. The number of hydrogen-bond donors (Lipinski definition) is 2. The number of rotatable bonds is 17. The van der Waals surface area contributed by atoms with Crippen LogP contribution in [0.25, 0.3) is 11.4 Å². The zero-order valence-electron chi connectivity index (χ0n) is 24.4. The monoisotopic (exact) mass is 604 g/mol. The highest BCUT2D eigenvalue weighted by Gasteiger charge is 2.13. The lowest BCUT2D eigenvalue weighted by Gasteiger charge is -2.10. The van der Waals surface area contributed by atoms with Gasteiger partial charge in [-0.05, 0) is 83.0 Å². The zero-order valence-corrected chi connectivity index (χ0v) is 26.1. The molecule has 4 aromatic rings. The summed E-state index contributed by atoms with van der Waals surface area (Å²) in [6.07, 6.45) is 16.4. The van der Waals surface area contributed by atoms with Crippen LogP contribution in [0, 0.1) is 0 Å². The predicted octanol–water partition coefficient (Wildman–Crippen LogP) is 7.48. The number of benzene rings is 2. The molecule has 0 unspecified atom stereocenters. The van der Waals surface area contributed by atoms with Crippen molar-refractivity contribution in [1.82, 2.24) is 29.7 Å². The Kier molecular flexibility index (Phi) is 12.6. The average molecular weight is 605 g/mol. The van der Waals surface area contributed by atoms with Crippen molar-refractivity contribution in [3.63, 3.8) is 0 Å². The summed E-state index contributed by atoms with van der Waals surface area (Å²) in [5.74, 6) is -0.0894. The van der Waals surface area contributed by atoms with E-state index in [1.807, 2.05) is 70.1 Å². The molecule has 2 N–H and O–H groups in total. The van der Waals surface area contributed by atoms with Gasteiger partial charge in [-0.1, -0.05) is 52.4 Å². The molecule has 2 aromatic carbocycles. The number of unbranched alkanes of at least 4 members (excludes halogenated alkanes) is 6. The van der Waals surface area contributed by atoms with E-state index in [0.29, 0.717) is 24.2 Å². The van der Waals surface area contributed by atoms with Gasteiger partial charge in [-0.3, -0.25) is 18.7 Å². The number of aromatic nitrogens is 4. The first-order valence-electron chi connectivity index (χ1n) is 14.8. The maximum Gasteiger partial charge on any atom is 0.251 e. The zero-order chi connectivity index (χ0) is 29.6. The van der Waals surface area contributed by atoms with Gasteiger partial charge in [0.05, 0.1) is 0 Å². The lowest BCUT2D eigenvalue weighted by Crippen LogP contribution is -2.24. The molecule has 0 saturated heterocycles. The first-order valence-corrected chi connectivity index (χ1v) is 16.9. The molecule has 0 bridgehead atoms. The van der Waals surface area contributed by atoms with Gasteiger partial charge in [0.2, 0.25) is 0 Å². The van der Waals surface area contributed by atoms with E-state index in [9.17, 15) is 9.59 Å². The van der Waals surface area contributed by atoms with E-state index in [1.165, 1.54) is 47.3 Å². The predicted molar refractivity (Wildman–Crippen MR) is 172 cm³/mol. The molecule has 2 aromatic heterocycles. The Balaban J connectivity index is 1.32. The second kappa shape index (κ2) is 16.8. The summed E-state index contributed by atoms with van der Waals surface area (Å²) in [4.78, 5) is 34.0. The van der Waals surface area contributed by atoms with Crippen molar-refractivity contribution in [1.29, 1.82) is 0 Å². The molecule has 2 heterocycles. The Morgan fingerprint density at radius 2 is 1.02 bits per heavy atom. The van der Waals surface area contributed by atoms with E-state index < -0.39 is 0 Å². The minimum absolute atomic E-state index is 0.0447. The van der Waals surface area contributed by atoms with Crippen LogP contribution in [-0.4, -0.2) is 44.0 Å². The summed E-state index contributed by atoms with van der Waals surface area (Å²) in [5.41, 5.74) is 3.15. The van der Waals surface area contributed by atoms with Gasteiger partial charge >= 0.3 is 0 Å². The fourth-order valence-corrected chi connectivity index (χ4v) is 6.47. The standard InChI is InChI=1S/C32H40N6O2S2/c1-3-5-7-9-19-33-29(39)25-11-15-27(16-12-25)37-23-21-35-31(37)41-42-32-36-22-24-38(32)28-17-13-26(14-18-28)30(40)34-20-10-8-6-4-2/h11-18,21-24H,3-10,19-20H2,1-2H3,(H,33,39)(H,34,40). The third-order valence-electron chi connectivity index (χ3n) is 6.85. The summed E-state index contributed by atoms with van der Waals surface area (Å²) in [6, 6.07) is 15.1. The third kappa shape index (κ3) is 9.00. The van der Waals surface area contributed by atoms with Crippen molar-refractivity contribution in [3.8, 4) is 11.4 Å². The number of nitrogens with one attached hydrogen (secondary N) is 2. The molecule has 42 heavy (non-hydrogen) atoms. The number of nitrogens with zero attached hydrogens (tertiary/aromatic N) is 4. The molecule has 8 nitrogen and oxygen atoms in total. The molecule has 10 heteroatoms. The van der Waals surface area contributed by atoms with Crippen LogP contribution in [0.15, 0.2) is 83.6 Å². The molecule has 0 spiro atoms. The Labute approximate surface area is 256 Å². The van der Waals surface area contributed by atoms with Crippen LogP contribution in [0.5, 0.6) is 0 Å². The molecule has 222 valence electrons. The van der Waals surface area contributed by atoms with E-state index in [0.717, 1.165) is 47.4 Å². The summed E-state index contributed by atoms with van der Waals surface area (Å²) in [5, 5.41) is 7.61. The van der Waals surface area contributed by atoms with Gasteiger partial charge in [-0.25, -0.2) is 9.97 Å². The van der Waals surface area contributed by atoms with Gasteiger partial charge in [0, 0.05) is 60.4 Å². The molecule has 2 amide bonds. The quantitative estimate of drug-likeness (QED) is 0.0959. The van der Waals surface area contributed by atoms with Crippen LogP contribution in [0.2, 0.25) is 0 Å². The van der Waals surface area contributed by atoms with Crippen LogP contribution < -0.4 is 10.6 Å². The smallest absolute Gasteiger partial charge is 0.251 e. The second-order valence-corrected chi connectivity index (χ2v) is 12.1. The van der Waals surface area contributed by atoms with Crippen molar-refractivity contribution in [2.24, 2.45) is 0 Å². The molecule has 0 aliphatic rings. The molecule has 0 aliphatic carbocycles. The Bertz CT molecular complexity index is 1290. The fraction of sp³-hybridized carbons (Fsp3) is 0.375. The van der Waals surface area contributed by atoms with Gasteiger partial charge in [0.15, 0.2) is 10.3 Å². The van der Waals surface area contributed by atoms with Gasteiger partial charge in [0.1, 0.15) is 0 Å². The molecule has 0 fully saturated rings. The van der Waals surface area contributed by atoms with Crippen molar-refractivity contribution in [2.75, 3.05) is 13.1 Å². The number of amides is 2. The molecule has 0 aliphatic heterocycles. The SMILES string of the molecule is CCCCCCNC(=O)c1ccc(-n2ccnc2SSc2nccn2-c2ccc(C(=O)NCCCCCC)cc2)cc1. The van der Waals surface area contributed by atoms with Gasteiger partial charge in [-0.2, -0.15) is 0 Å². The van der Waals surface area contributed by atoms with E-state index >= 15 is 0 Å². The van der Waals surface area contributed by atoms with Crippen LogP contribution in [0.1, 0.15) is 85.9 Å². The largest absolute Gasteiger partial charge is 0.352 e. The normalized spacial score (nSPS) is 11.0. The van der Waals surface area contributed by atoms with Crippen molar-refractivity contribution < 1.29 is 9.59 Å². The summed E-state index contributed by atoms with van der Waals surface area (Å²) in [7, 11) is 3.02.